The number of guanidine groups is 1. The minimum absolute atomic E-state index is 0. The van der Waals surface area contributed by atoms with E-state index >= 15 is 0 Å². The number of aryl methyl sites for hydroxylation is 1. The number of nitrogens with zero attached hydrogens (tertiary/aromatic N) is 3. The van der Waals surface area contributed by atoms with Crippen molar-refractivity contribution in [2.24, 2.45) is 4.99 Å². The number of halogens is 1. The van der Waals surface area contributed by atoms with Gasteiger partial charge in [-0.1, -0.05) is 54.1 Å². The van der Waals surface area contributed by atoms with Crippen molar-refractivity contribution < 1.29 is 4.42 Å². The molecule has 2 heterocycles. The Morgan fingerprint density at radius 2 is 1.62 bits per heavy atom. The van der Waals surface area contributed by atoms with E-state index in [-0.39, 0.29) is 24.0 Å². The van der Waals surface area contributed by atoms with E-state index in [4.69, 9.17) is 4.42 Å². The van der Waals surface area contributed by atoms with Crippen LogP contribution in [0.4, 0.5) is 0 Å². The molecule has 170 valence electrons. The van der Waals surface area contributed by atoms with Crippen molar-refractivity contribution in [2.45, 2.75) is 39.4 Å². The molecule has 0 atom stereocenters. The number of aromatic nitrogens is 1. The maximum atomic E-state index is 5.87. The second kappa shape index (κ2) is 12.0. The molecule has 2 N–H and O–H groups in total. The zero-order valence-electron chi connectivity index (χ0n) is 18.8. The van der Waals surface area contributed by atoms with Gasteiger partial charge >= 0.3 is 0 Å². The average Bonchev–Trinajstić information content (AvgIpc) is 3.48. The molecule has 0 saturated carbocycles. The fraction of sp³-hybridized carbons (Fsp3) is 0.360. The third-order valence-corrected chi connectivity index (χ3v) is 5.61. The molecule has 7 heteroatoms. The number of rotatable bonds is 7. The molecule has 1 aromatic heterocycles. The summed E-state index contributed by atoms with van der Waals surface area (Å²) in [6, 6.07) is 17.1. The Kier molecular flexibility index (Phi) is 9.11. The molecule has 1 fully saturated rings. The fourth-order valence-corrected chi connectivity index (χ4v) is 3.77. The molecular formula is C25H32IN5O. The smallest absolute Gasteiger partial charge is 0.214 e. The topological polar surface area (TPSA) is 65.7 Å². The van der Waals surface area contributed by atoms with Gasteiger partial charge in [0.05, 0.1) is 12.7 Å². The predicted molar refractivity (Wildman–Crippen MR) is 140 cm³/mol. The highest BCUT2D eigenvalue weighted by atomic mass is 127. The molecule has 1 aliphatic heterocycles. The summed E-state index contributed by atoms with van der Waals surface area (Å²) in [5, 5.41) is 6.62. The van der Waals surface area contributed by atoms with Crippen LogP contribution < -0.4 is 10.6 Å². The Bertz CT molecular complexity index is 992. The van der Waals surface area contributed by atoms with Crippen LogP contribution in [0.1, 0.15) is 35.4 Å². The van der Waals surface area contributed by atoms with E-state index in [2.05, 4.69) is 68.8 Å². The maximum Gasteiger partial charge on any atom is 0.214 e. The van der Waals surface area contributed by atoms with Crippen molar-refractivity contribution in [2.75, 3.05) is 20.1 Å². The molecule has 0 radical (unpaired) electrons. The summed E-state index contributed by atoms with van der Waals surface area (Å²) >= 11 is 0. The summed E-state index contributed by atoms with van der Waals surface area (Å²) in [7, 11) is 1.77. The molecular weight excluding hydrogens is 513 g/mol. The minimum Gasteiger partial charge on any atom is -0.439 e. The van der Waals surface area contributed by atoms with E-state index in [1.54, 1.807) is 13.2 Å². The van der Waals surface area contributed by atoms with Crippen LogP contribution in [0.2, 0.25) is 0 Å². The molecule has 2 aromatic carbocycles. The summed E-state index contributed by atoms with van der Waals surface area (Å²) < 4.78 is 5.87. The molecule has 4 rings (SSSR count). The van der Waals surface area contributed by atoms with E-state index < -0.39 is 0 Å². The van der Waals surface area contributed by atoms with Crippen LogP contribution in [0.5, 0.6) is 0 Å². The number of benzene rings is 2. The third kappa shape index (κ3) is 6.80. The first-order valence-electron chi connectivity index (χ1n) is 11.0. The SMILES string of the molecule is CN=C(NCc1ccc(CN2CCCC2)cc1)NCc1ncc(-c2ccc(C)cc2)o1.I. The Morgan fingerprint density at radius 1 is 0.969 bits per heavy atom. The second-order valence-corrected chi connectivity index (χ2v) is 8.06. The maximum absolute atomic E-state index is 5.87. The number of hydrogen-bond acceptors (Lipinski definition) is 4. The normalized spacial score (nSPS) is 14.2. The first-order valence-corrected chi connectivity index (χ1v) is 11.0. The quantitative estimate of drug-likeness (QED) is 0.256. The summed E-state index contributed by atoms with van der Waals surface area (Å²) in [6.07, 6.45) is 4.42. The standard InChI is InChI=1S/C25H31N5O.HI/c1-19-5-11-22(12-6-19)23-16-27-24(31-23)17-29-25(26-2)28-15-20-7-9-21(10-8-20)18-30-13-3-4-14-30;/h5-12,16H,3-4,13-15,17-18H2,1-2H3,(H2,26,28,29);1H. The second-order valence-electron chi connectivity index (χ2n) is 8.06. The lowest BCUT2D eigenvalue weighted by molar-refractivity contribution is 0.331. The molecule has 1 saturated heterocycles. The van der Waals surface area contributed by atoms with Crippen LogP contribution in [0.3, 0.4) is 0 Å². The Hall–Kier alpha value is -2.39. The van der Waals surface area contributed by atoms with Gasteiger partial charge < -0.3 is 15.1 Å². The first kappa shape index (κ1) is 24.3. The van der Waals surface area contributed by atoms with Gasteiger partial charge in [-0.15, -0.1) is 24.0 Å². The summed E-state index contributed by atoms with van der Waals surface area (Å²) in [6.45, 7) is 6.76. The summed E-state index contributed by atoms with van der Waals surface area (Å²) in [5.41, 5.74) is 4.86. The van der Waals surface area contributed by atoms with E-state index in [1.165, 1.54) is 42.6 Å². The van der Waals surface area contributed by atoms with Crippen LogP contribution in [-0.2, 0) is 19.6 Å². The monoisotopic (exact) mass is 545 g/mol. The van der Waals surface area contributed by atoms with Crippen LogP contribution >= 0.6 is 24.0 Å². The number of aliphatic imine (C=N–C) groups is 1. The van der Waals surface area contributed by atoms with Crippen molar-refractivity contribution in [3.8, 4) is 11.3 Å². The lowest BCUT2D eigenvalue weighted by Gasteiger charge is -2.15. The van der Waals surface area contributed by atoms with Crippen LogP contribution in [0, 0.1) is 6.92 Å². The van der Waals surface area contributed by atoms with Crippen LogP contribution in [-0.4, -0.2) is 36.0 Å². The number of hydrogen-bond donors (Lipinski definition) is 2. The summed E-state index contributed by atoms with van der Waals surface area (Å²) in [4.78, 5) is 11.2. The Balaban J connectivity index is 0.00000289. The van der Waals surface area contributed by atoms with Crippen molar-refractivity contribution in [1.29, 1.82) is 0 Å². The van der Waals surface area contributed by atoms with Crippen molar-refractivity contribution in [3.63, 3.8) is 0 Å². The number of likely N-dealkylation sites (tertiary alicyclic amines) is 1. The van der Waals surface area contributed by atoms with Gasteiger partial charge in [0.1, 0.15) is 0 Å². The predicted octanol–water partition coefficient (Wildman–Crippen LogP) is 4.73. The van der Waals surface area contributed by atoms with Crippen molar-refractivity contribution in [3.05, 3.63) is 77.3 Å². The minimum atomic E-state index is 0. The van der Waals surface area contributed by atoms with Crippen molar-refractivity contribution >= 4 is 29.9 Å². The van der Waals surface area contributed by atoms with E-state index in [9.17, 15) is 0 Å². The fourth-order valence-electron chi connectivity index (χ4n) is 3.77. The lowest BCUT2D eigenvalue weighted by Crippen LogP contribution is -2.36. The molecule has 0 amide bonds. The van der Waals surface area contributed by atoms with Crippen LogP contribution in [0.15, 0.2) is 64.1 Å². The van der Waals surface area contributed by atoms with Gasteiger partial charge in [0.2, 0.25) is 5.89 Å². The third-order valence-electron chi connectivity index (χ3n) is 5.61. The molecule has 0 aliphatic carbocycles. The number of oxazole rings is 1. The first-order chi connectivity index (χ1) is 15.2. The van der Waals surface area contributed by atoms with E-state index in [0.717, 1.165) is 23.8 Å². The lowest BCUT2D eigenvalue weighted by atomic mass is 10.1. The highest BCUT2D eigenvalue weighted by Crippen LogP contribution is 2.20. The van der Waals surface area contributed by atoms with E-state index in [1.807, 2.05) is 12.1 Å². The van der Waals surface area contributed by atoms with Gasteiger partial charge in [-0.25, -0.2) is 4.98 Å². The van der Waals surface area contributed by atoms with Gasteiger partial charge in [0.15, 0.2) is 11.7 Å². The van der Waals surface area contributed by atoms with Gasteiger partial charge in [0.25, 0.3) is 0 Å². The van der Waals surface area contributed by atoms with Crippen LogP contribution in [0.25, 0.3) is 11.3 Å². The largest absolute Gasteiger partial charge is 0.439 e. The molecule has 6 nitrogen and oxygen atoms in total. The number of nitrogens with one attached hydrogen (secondary N) is 2. The van der Waals surface area contributed by atoms with Gasteiger partial charge in [0, 0.05) is 25.7 Å². The van der Waals surface area contributed by atoms with Gasteiger partial charge in [-0.3, -0.25) is 9.89 Å². The molecule has 0 spiro atoms. The zero-order chi connectivity index (χ0) is 21.5. The van der Waals surface area contributed by atoms with Gasteiger partial charge in [-0.05, 0) is 44.0 Å². The zero-order valence-corrected chi connectivity index (χ0v) is 21.1. The average molecular weight is 545 g/mol. The summed E-state index contributed by atoms with van der Waals surface area (Å²) in [5.74, 6) is 2.12. The molecule has 32 heavy (non-hydrogen) atoms. The van der Waals surface area contributed by atoms with E-state index in [0.29, 0.717) is 19.0 Å². The van der Waals surface area contributed by atoms with Crippen molar-refractivity contribution in [1.82, 2.24) is 20.5 Å². The molecule has 0 bridgehead atoms. The Morgan fingerprint density at radius 3 is 2.31 bits per heavy atom. The van der Waals surface area contributed by atoms with Gasteiger partial charge in [-0.2, -0.15) is 0 Å². The molecule has 3 aromatic rings. The Labute approximate surface area is 207 Å². The highest BCUT2D eigenvalue weighted by Gasteiger charge is 2.11. The highest BCUT2D eigenvalue weighted by molar-refractivity contribution is 14.0. The molecule has 0 unspecified atom stereocenters. The molecule has 1 aliphatic rings.